The van der Waals surface area contributed by atoms with E-state index >= 15 is 0 Å². The Kier molecular flexibility index (Phi) is 6.43. The minimum atomic E-state index is -0.339. The molecular weight excluding hydrogens is 382 g/mol. The van der Waals surface area contributed by atoms with Crippen LogP contribution in [0.3, 0.4) is 0 Å². The predicted octanol–water partition coefficient (Wildman–Crippen LogP) is 1.66. The van der Waals surface area contributed by atoms with Gasteiger partial charge in [0.15, 0.2) is 5.82 Å². The first kappa shape index (κ1) is 17.8. The molecule has 1 heterocycles. The number of nitrogens with two attached hydrogens (primary N) is 1. The van der Waals surface area contributed by atoms with Crippen molar-refractivity contribution in [2.75, 3.05) is 26.1 Å². The van der Waals surface area contributed by atoms with E-state index in [9.17, 15) is 4.79 Å². The van der Waals surface area contributed by atoms with Gasteiger partial charge in [-0.1, -0.05) is 39.8 Å². The van der Waals surface area contributed by atoms with Gasteiger partial charge in [-0.3, -0.25) is 4.79 Å². The third-order valence-corrected chi connectivity index (χ3v) is 4.55. The lowest BCUT2D eigenvalue weighted by Gasteiger charge is -2.11. The van der Waals surface area contributed by atoms with Crippen LogP contribution in [0.25, 0.3) is 11.4 Å². The quantitative estimate of drug-likeness (QED) is 0.417. The number of benzene rings is 1. The van der Waals surface area contributed by atoms with Crippen molar-refractivity contribution in [3.63, 3.8) is 0 Å². The summed E-state index contributed by atoms with van der Waals surface area (Å²) in [6.45, 7) is 2.74. The van der Waals surface area contributed by atoms with Crippen molar-refractivity contribution in [1.82, 2.24) is 20.2 Å². The summed E-state index contributed by atoms with van der Waals surface area (Å²) in [5, 5.41) is 11.1. The predicted molar refractivity (Wildman–Crippen MR) is 93.5 cm³/mol. The van der Waals surface area contributed by atoms with Gasteiger partial charge in [0.1, 0.15) is 0 Å². The van der Waals surface area contributed by atoms with Crippen LogP contribution in [-0.2, 0) is 9.53 Å². The molecule has 9 heteroatoms. The summed E-state index contributed by atoms with van der Waals surface area (Å²) in [6.07, 6.45) is 0. The maximum atomic E-state index is 12.0. The highest BCUT2D eigenvalue weighted by Gasteiger charge is 2.19. The molecule has 0 bridgehead atoms. The number of rotatable bonds is 7. The number of hydrogen-bond acceptors (Lipinski definition) is 6. The van der Waals surface area contributed by atoms with Gasteiger partial charge in [-0.05, 0) is 19.1 Å². The summed E-state index contributed by atoms with van der Waals surface area (Å²) in [7, 11) is 1.59. The van der Waals surface area contributed by atoms with Crippen LogP contribution >= 0.6 is 27.7 Å². The number of hydrogen-bond donors (Lipinski definition) is 2. The summed E-state index contributed by atoms with van der Waals surface area (Å²) in [5.74, 6) is 6.50. The number of carbonyl (C=O) groups excluding carboxylic acids is 1. The van der Waals surface area contributed by atoms with Gasteiger partial charge in [-0.15, -0.1) is 10.2 Å². The Morgan fingerprint density at radius 3 is 3.00 bits per heavy atom. The third kappa shape index (κ3) is 4.69. The molecule has 0 saturated carbocycles. The van der Waals surface area contributed by atoms with Crippen LogP contribution in [0.2, 0.25) is 0 Å². The number of nitrogens with one attached hydrogen (secondary N) is 1. The van der Waals surface area contributed by atoms with E-state index in [1.54, 1.807) is 14.0 Å². The number of amides is 1. The maximum Gasteiger partial charge on any atom is 0.233 e. The molecule has 1 aromatic carbocycles. The van der Waals surface area contributed by atoms with Crippen molar-refractivity contribution in [1.29, 1.82) is 0 Å². The van der Waals surface area contributed by atoms with E-state index in [1.807, 2.05) is 24.3 Å². The fourth-order valence-corrected chi connectivity index (χ4v) is 3.01. The molecule has 0 aliphatic rings. The molecule has 1 atom stereocenters. The van der Waals surface area contributed by atoms with E-state index in [0.717, 1.165) is 10.0 Å². The standard InChI is InChI=1S/C14H18BrN5O2S/c1-9(13(21)17-6-7-22-2)23-14-19-18-12(20(14)16)10-4-3-5-11(15)8-10/h3-5,8-9H,6-7,16H2,1-2H3,(H,17,21)/t9-/m1/s1. The number of methoxy groups -OCH3 is 1. The number of aromatic nitrogens is 3. The van der Waals surface area contributed by atoms with Gasteiger partial charge < -0.3 is 15.9 Å². The van der Waals surface area contributed by atoms with Crippen LogP contribution in [-0.4, -0.2) is 46.3 Å². The van der Waals surface area contributed by atoms with Crippen molar-refractivity contribution < 1.29 is 9.53 Å². The van der Waals surface area contributed by atoms with Crippen molar-refractivity contribution in [2.24, 2.45) is 0 Å². The highest BCUT2D eigenvalue weighted by molar-refractivity contribution is 9.10. The van der Waals surface area contributed by atoms with Gasteiger partial charge in [0.25, 0.3) is 0 Å². The van der Waals surface area contributed by atoms with E-state index < -0.39 is 0 Å². The average molecular weight is 400 g/mol. The fourth-order valence-electron chi connectivity index (χ4n) is 1.81. The first-order chi connectivity index (χ1) is 11.0. The highest BCUT2D eigenvalue weighted by Crippen LogP contribution is 2.26. The average Bonchev–Trinajstić information content (AvgIpc) is 2.88. The number of thioether (sulfide) groups is 1. The first-order valence-corrected chi connectivity index (χ1v) is 8.60. The lowest BCUT2D eigenvalue weighted by molar-refractivity contribution is -0.120. The second-order valence-electron chi connectivity index (χ2n) is 4.73. The Bertz CT molecular complexity index is 679. The minimum Gasteiger partial charge on any atom is -0.383 e. The molecule has 0 aliphatic heterocycles. The van der Waals surface area contributed by atoms with Gasteiger partial charge in [-0.2, -0.15) is 0 Å². The van der Waals surface area contributed by atoms with Gasteiger partial charge in [-0.25, -0.2) is 4.68 Å². The second-order valence-corrected chi connectivity index (χ2v) is 6.95. The van der Waals surface area contributed by atoms with Crippen molar-refractivity contribution >= 4 is 33.6 Å². The number of carbonyl (C=O) groups is 1. The molecule has 0 aliphatic carbocycles. The zero-order valence-electron chi connectivity index (χ0n) is 12.8. The molecular formula is C14H18BrN5O2S. The largest absolute Gasteiger partial charge is 0.383 e. The maximum absolute atomic E-state index is 12.0. The number of nitrogen functional groups attached to an aromatic ring is 1. The minimum absolute atomic E-state index is 0.0981. The van der Waals surface area contributed by atoms with Gasteiger partial charge in [0.2, 0.25) is 11.1 Å². The van der Waals surface area contributed by atoms with Crippen molar-refractivity contribution in [3.8, 4) is 11.4 Å². The topological polar surface area (TPSA) is 95.1 Å². The molecule has 0 saturated heterocycles. The highest BCUT2D eigenvalue weighted by atomic mass is 79.9. The van der Waals surface area contributed by atoms with Crippen LogP contribution < -0.4 is 11.2 Å². The molecule has 124 valence electrons. The van der Waals surface area contributed by atoms with Crippen LogP contribution in [0.4, 0.5) is 0 Å². The van der Waals surface area contributed by atoms with Crippen molar-refractivity contribution in [2.45, 2.75) is 17.3 Å². The summed E-state index contributed by atoms with van der Waals surface area (Å²) < 4.78 is 7.22. The molecule has 1 aromatic heterocycles. The molecule has 1 amide bonds. The van der Waals surface area contributed by atoms with Gasteiger partial charge in [0, 0.05) is 23.7 Å². The molecule has 7 nitrogen and oxygen atoms in total. The molecule has 2 rings (SSSR count). The number of ether oxygens (including phenoxy) is 1. The first-order valence-electron chi connectivity index (χ1n) is 6.92. The van der Waals surface area contributed by atoms with Gasteiger partial charge in [0.05, 0.1) is 11.9 Å². The van der Waals surface area contributed by atoms with Crippen LogP contribution in [0, 0.1) is 0 Å². The molecule has 0 unspecified atom stereocenters. The lowest BCUT2D eigenvalue weighted by atomic mass is 10.2. The Morgan fingerprint density at radius 2 is 2.30 bits per heavy atom. The van der Waals surface area contributed by atoms with E-state index in [-0.39, 0.29) is 11.2 Å². The van der Waals surface area contributed by atoms with E-state index in [0.29, 0.717) is 24.1 Å². The smallest absolute Gasteiger partial charge is 0.233 e. The third-order valence-electron chi connectivity index (χ3n) is 3.00. The number of nitrogens with zero attached hydrogens (tertiary/aromatic N) is 3. The summed E-state index contributed by atoms with van der Waals surface area (Å²) in [6, 6.07) is 7.62. The van der Waals surface area contributed by atoms with Crippen LogP contribution in [0.15, 0.2) is 33.9 Å². The zero-order chi connectivity index (χ0) is 16.8. The molecule has 0 fully saturated rings. The Morgan fingerprint density at radius 1 is 1.52 bits per heavy atom. The molecule has 0 spiro atoms. The summed E-state index contributed by atoms with van der Waals surface area (Å²) in [5.41, 5.74) is 0.846. The van der Waals surface area contributed by atoms with E-state index in [4.69, 9.17) is 10.6 Å². The van der Waals surface area contributed by atoms with E-state index in [1.165, 1.54) is 16.4 Å². The molecule has 0 radical (unpaired) electrons. The molecule has 23 heavy (non-hydrogen) atoms. The molecule has 2 aromatic rings. The van der Waals surface area contributed by atoms with Crippen LogP contribution in [0.5, 0.6) is 0 Å². The Labute approximate surface area is 147 Å². The van der Waals surface area contributed by atoms with Crippen LogP contribution in [0.1, 0.15) is 6.92 Å². The Hall–Kier alpha value is -1.58. The van der Waals surface area contributed by atoms with Gasteiger partial charge >= 0.3 is 0 Å². The Balaban J connectivity index is 2.06. The zero-order valence-corrected chi connectivity index (χ0v) is 15.2. The number of halogens is 1. The fraction of sp³-hybridized carbons (Fsp3) is 0.357. The van der Waals surface area contributed by atoms with Crippen molar-refractivity contribution in [3.05, 3.63) is 28.7 Å². The normalized spacial score (nSPS) is 12.1. The monoisotopic (exact) mass is 399 g/mol. The summed E-state index contributed by atoms with van der Waals surface area (Å²) >= 11 is 4.67. The second kappa shape index (κ2) is 8.32. The lowest BCUT2D eigenvalue weighted by Crippen LogP contribution is -2.33. The summed E-state index contributed by atoms with van der Waals surface area (Å²) in [4.78, 5) is 12.0. The SMILES string of the molecule is COCCNC(=O)[C@@H](C)Sc1nnc(-c2cccc(Br)c2)n1N. The molecule has 3 N–H and O–H groups in total. The van der Waals surface area contributed by atoms with E-state index in [2.05, 4.69) is 31.4 Å².